The van der Waals surface area contributed by atoms with E-state index in [0.717, 1.165) is 30.6 Å². The number of sulfonamides is 1. The van der Waals surface area contributed by atoms with E-state index in [-0.39, 0.29) is 22.3 Å². The highest BCUT2D eigenvalue weighted by Crippen LogP contribution is 2.37. The fourth-order valence-corrected chi connectivity index (χ4v) is 4.90. The maximum absolute atomic E-state index is 12.1. The van der Waals surface area contributed by atoms with Gasteiger partial charge in [0.15, 0.2) is 0 Å². The van der Waals surface area contributed by atoms with Crippen LogP contribution < -0.4 is 4.72 Å². The van der Waals surface area contributed by atoms with Crippen molar-refractivity contribution >= 4 is 21.4 Å². The van der Waals surface area contributed by atoms with Crippen molar-refractivity contribution in [2.75, 3.05) is 0 Å². The number of hydrogen-bond donors (Lipinski definition) is 2. The van der Waals surface area contributed by atoms with Crippen molar-refractivity contribution < 1.29 is 13.5 Å². The summed E-state index contributed by atoms with van der Waals surface area (Å²) in [5.74, 6) is 0. The Balaban J connectivity index is 2.08. The van der Waals surface area contributed by atoms with E-state index in [1.165, 1.54) is 0 Å². The summed E-state index contributed by atoms with van der Waals surface area (Å²) in [5.41, 5.74) is 0.221. The normalized spacial score (nSPS) is 23.4. The van der Waals surface area contributed by atoms with E-state index in [2.05, 4.69) is 18.6 Å². The Hall–Kier alpha value is -0.430. The van der Waals surface area contributed by atoms with Crippen molar-refractivity contribution in [2.24, 2.45) is 5.41 Å². The highest BCUT2D eigenvalue weighted by Gasteiger charge is 2.33. The molecule has 2 N–H and O–H groups in total. The van der Waals surface area contributed by atoms with Crippen LogP contribution in [0.4, 0.5) is 0 Å². The maximum atomic E-state index is 12.1. The van der Waals surface area contributed by atoms with Gasteiger partial charge < -0.3 is 5.11 Å². The Bertz CT molecular complexity index is 519. The molecular weight excluding hydrogens is 270 g/mol. The number of hydrogen-bond acceptors (Lipinski definition) is 4. The molecule has 1 atom stereocenters. The van der Waals surface area contributed by atoms with Crippen LogP contribution in [0.5, 0.6) is 0 Å². The molecule has 0 aliphatic heterocycles. The largest absolute Gasteiger partial charge is 0.391 e. The van der Waals surface area contributed by atoms with Crippen LogP contribution in [0.25, 0.3) is 0 Å². The van der Waals surface area contributed by atoms with E-state index >= 15 is 0 Å². The molecule has 6 heteroatoms. The zero-order valence-corrected chi connectivity index (χ0v) is 12.3. The van der Waals surface area contributed by atoms with Crippen molar-refractivity contribution in [3.63, 3.8) is 0 Å². The molecule has 1 fully saturated rings. The number of rotatable bonds is 4. The van der Waals surface area contributed by atoms with Crippen molar-refractivity contribution in [3.8, 4) is 0 Å². The van der Waals surface area contributed by atoms with Gasteiger partial charge in [-0.15, -0.1) is 11.3 Å². The van der Waals surface area contributed by atoms with E-state index in [9.17, 15) is 8.42 Å². The van der Waals surface area contributed by atoms with Gasteiger partial charge in [-0.2, -0.15) is 0 Å². The number of nitrogens with one attached hydrogen (secondary N) is 1. The Morgan fingerprint density at radius 3 is 2.72 bits per heavy atom. The molecule has 1 aliphatic carbocycles. The summed E-state index contributed by atoms with van der Waals surface area (Å²) in [5, 5.41) is 8.96. The summed E-state index contributed by atoms with van der Waals surface area (Å²) in [7, 11) is -3.43. The van der Waals surface area contributed by atoms with E-state index in [4.69, 9.17) is 5.11 Å². The van der Waals surface area contributed by atoms with E-state index in [1.54, 1.807) is 12.1 Å². The summed E-state index contributed by atoms with van der Waals surface area (Å²) >= 11 is 1.12. The maximum Gasteiger partial charge on any atom is 0.250 e. The molecule has 1 aliphatic rings. The second kappa shape index (κ2) is 4.92. The number of thiophene rings is 1. The molecule has 0 saturated heterocycles. The Kier molecular flexibility index (Phi) is 3.82. The third kappa shape index (κ3) is 3.12. The molecule has 4 nitrogen and oxygen atoms in total. The van der Waals surface area contributed by atoms with Crippen LogP contribution in [-0.4, -0.2) is 19.6 Å². The Morgan fingerprint density at radius 2 is 2.22 bits per heavy atom. The fourth-order valence-electron chi connectivity index (χ4n) is 2.40. The molecule has 1 saturated carbocycles. The number of aliphatic hydroxyl groups excluding tert-OH is 1. The molecule has 0 amide bonds. The first kappa shape index (κ1) is 14.0. The molecule has 0 radical (unpaired) electrons. The SMILES string of the molecule is CC1(C)CCC(NS(=O)(=O)c2ccc(CO)s2)C1. The average molecular weight is 289 g/mol. The van der Waals surface area contributed by atoms with Gasteiger partial charge in [-0.3, -0.25) is 0 Å². The molecule has 102 valence electrons. The van der Waals surface area contributed by atoms with Crippen molar-refractivity contribution in [1.29, 1.82) is 0 Å². The second-order valence-electron chi connectivity index (χ2n) is 5.60. The minimum atomic E-state index is -3.43. The van der Waals surface area contributed by atoms with Crippen LogP contribution in [0.1, 0.15) is 38.0 Å². The lowest BCUT2D eigenvalue weighted by atomic mass is 9.92. The van der Waals surface area contributed by atoms with E-state index in [1.807, 2.05) is 0 Å². The van der Waals surface area contributed by atoms with Crippen LogP contribution in [-0.2, 0) is 16.6 Å². The fraction of sp³-hybridized carbons (Fsp3) is 0.667. The Morgan fingerprint density at radius 1 is 1.50 bits per heavy atom. The minimum absolute atomic E-state index is 0.0321. The van der Waals surface area contributed by atoms with Crippen LogP contribution in [0.15, 0.2) is 16.3 Å². The molecule has 18 heavy (non-hydrogen) atoms. The molecule has 1 aromatic rings. The highest BCUT2D eigenvalue weighted by atomic mass is 32.2. The van der Waals surface area contributed by atoms with Gasteiger partial charge in [0.25, 0.3) is 0 Å². The van der Waals surface area contributed by atoms with Gasteiger partial charge >= 0.3 is 0 Å². The molecule has 1 aromatic heterocycles. The first-order valence-corrected chi connectivity index (χ1v) is 8.34. The monoisotopic (exact) mass is 289 g/mol. The van der Waals surface area contributed by atoms with Gasteiger partial charge in [0, 0.05) is 10.9 Å². The van der Waals surface area contributed by atoms with E-state index in [0.29, 0.717) is 4.88 Å². The summed E-state index contributed by atoms with van der Waals surface area (Å²) < 4.78 is 27.3. The number of aliphatic hydroxyl groups is 1. The quantitative estimate of drug-likeness (QED) is 0.892. The van der Waals surface area contributed by atoms with Crippen molar-refractivity contribution in [2.45, 2.75) is 50.0 Å². The minimum Gasteiger partial charge on any atom is -0.391 e. The molecule has 1 unspecified atom stereocenters. The molecule has 0 bridgehead atoms. The third-order valence-electron chi connectivity index (χ3n) is 3.35. The zero-order valence-electron chi connectivity index (χ0n) is 10.6. The summed E-state index contributed by atoms with van der Waals surface area (Å²) in [4.78, 5) is 0.669. The molecular formula is C12H19NO3S2. The lowest BCUT2D eigenvalue weighted by Gasteiger charge is -2.17. The standard InChI is InChI=1S/C12H19NO3S2/c1-12(2)6-5-9(7-12)13-18(15,16)11-4-3-10(8-14)17-11/h3-4,9,13-14H,5-8H2,1-2H3. The third-order valence-corrected chi connectivity index (χ3v) is 6.43. The first-order chi connectivity index (χ1) is 8.32. The van der Waals surface area contributed by atoms with Gasteiger partial charge in [0.1, 0.15) is 4.21 Å². The first-order valence-electron chi connectivity index (χ1n) is 6.04. The van der Waals surface area contributed by atoms with Gasteiger partial charge in [0.05, 0.1) is 6.61 Å². The smallest absolute Gasteiger partial charge is 0.250 e. The molecule has 0 spiro atoms. The predicted octanol–water partition coefficient (Wildman–Crippen LogP) is 2.10. The van der Waals surface area contributed by atoms with Crippen LogP contribution in [0.2, 0.25) is 0 Å². The van der Waals surface area contributed by atoms with Gasteiger partial charge in [-0.05, 0) is 36.8 Å². The van der Waals surface area contributed by atoms with E-state index < -0.39 is 10.0 Å². The second-order valence-corrected chi connectivity index (χ2v) is 8.71. The van der Waals surface area contributed by atoms with Gasteiger partial charge in [-0.1, -0.05) is 13.8 Å². The van der Waals surface area contributed by atoms with Gasteiger partial charge in [-0.25, -0.2) is 13.1 Å². The predicted molar refractivity (Wildman–Crippen MR) is 72.0 cm³/mol. The summed E-state index contributed by atoms with van der Waals surface area (Å²) in [6, 6.07) is 3.24. The molecule has 0 aromatic carbocycles. The average Bonchev–Trinajstić information content (AvgIpc) is 2.84. The summed E-state index contributed by atoms with van der Waals surface area (Å²) in [6.07, 6.45) is 2.82. The van der Waals surface area contributed by atoms with Crippen LogP contribution in [0.3, 0.4) is 0 Å². The lowest BCUT2D eigenvalue weighted by molar-refractivity contribution is 0.285. The lowest BCUT2D eigenvalue weighted by Crippen LogP contribution is -2.33. The van der Waals surface area contributed by atoms with Crippen molar-refractivity contribution in [1.82, 2.24) is 4.72 Å². The zero-order chi connectivity index (χ0) is 13.4. The summed E-state index contributed by atoms with van der Waals surface area (Å²) in [6.45, 7) is 4.21. The topological polar surface area (TPSA) is 66.4 Å². The Labute approximate surface area is 112 Å². The van der Waals surface area contributed by atoms with Gasteiger partial charge in [0.2, 0.25) is 10.0 Å². The van der Waals surface area contributed by atoms with Crippen molar-refractivity contribution in [3.05, 3.63) is 17.0 Å². The van der Waals surface area contributed by atoms with Crippen LogP contribution in [0, 0.1) is 5.41 Å². The highest BCUT2D eigenvalue weighted by molar-refractivity contribution is 7.91. The van der Waals surface area contributed by atoms with Crippen LogP contribution >= 0.6 is 11.3 Å². The molecule has 1 heterocycles. The molecule has 2 rings (SSSR count).